The third kappa shape index (κ3) is 18.9. The molecule has 16 heteroatoms. The fraction of sp³-hybridized carbons (Fsp3) is 0.576. The summed E-state index contributed by atoms with van der Waals surface area (Å²) in [6.07, 6.45) is 4.73. The van der Waals surface area contributed by atoms with Gasteiger partial charge in [0.05, 0.1) is 0 Å². The summed E-state index contributed by atoms with van der Waals surface area (Å²) in [5.74, 6) is 1.74. The highest BCUT2D eigenvalue weighted by atomic mass is 16.1. The summed E-state index contributed by atoms with van der Waals surface area (Å²) in [6, 6.07) is 33.7. The van der Waals surface area contributed by atoms with Crippen LogP contribution in [0.15, 0.2) is 128 Å². The summed E-state index contributed by atoms with van der Waals surface area (Å²) < 4.78 is 0. The van der Waals surface area contributed by atoms with E-state index in [0.717, 1.165) is 118 Å². The first kappa shape index (κ1) is 63.4. The van der Waals surface area contributed by atoms with E-state index in [-0.39, 0.29) is 33.7 Å². The van der Waals surface area contributed by atoms with E-state index < -0.39 is 0 Å². The maximum Gasteiger partial charge on any atom is 0.178 e. The van der Waals surface area contributed by atoms with Crippen LogP contribution in [-0.2, 0) is 0 Å². The molecule has 0 aromatic heterocycles. The van der Waals surface area contributed by atoms with Gasteiger partial charge in [-0.05, 0) is 220 Å². The minimum Gasteiger partial charge on any atom is -0.382 e. The van der Waals surface area contributed by atoms with Crippen molar-refractivity contribution in [3.05, 3.63) is 119 Å². The number of piperazine rings is 2. The van der Waals surface area contributed by atoms with E-state index >= 15 is 0 Å². The van der Waals surface area contributed by atoms with Gasteiger partial charge >= 0.3 is 0 Å². The first-order valence-corrected chi connectivity index (χ1v) is 30.1. The third-order valence-corrected chi connectivity index (χ3v) is 16.5. The molecule has 4 saturated heterocycles. The number of piperidine rings is 2. The lowest BCUT2D eigenvalue weighted by Gasteiger charge is -2.43. The number of benzene rings is 4. The minimum absolute atomic E-state index is 0.120. The van der Waals surface area contributed by atoms with Gasteiger partial charge in [0.1, 0.15) is 0 Å². The number of likely N-dealkylation sites (tertiary alicyclic amines) is 2. The number of ketones is 2. The standard InChI is InChI=1S/C17H25N5.C17H26N2O.C16H23N5.C16H24N2O/c1-17(2,3)22-10-8-15(9-11-22)20-14-6-4-13(5-7-14)16-18-12-19-21-16;1-13(20)14-5-7-15(8-6-14)18-16-9-11-19(12-10-16)17(2,3)4;1-16(2,3)21-10-8-20(9-11-21)14-6-4-13(5-7-14)15-17-12-18-19-15;1-13(19)14-5-7-15(8-6-14)17-9-11-18(12-10-17)16(2,3)4/h4-7,15,20H,8-12H2,1-3H3;5-8,16,18H,9-12H2,1-4H3;4-7H,8-12H2,1-3H3;5-8H,9-12H2,1-4H3. The summed E-state index contributed by atoms with van der Waals surface area (Å²) in [7, 11) is 0. The Hall–Kier alpha value is -6.20. The Balaban J connectivity index is 0.000000158. The van der Waals surface area contributed by atoms with Crippen LogP contribution in [0, 0.1) is 0 Å². The first-order chi connectivity index (χ1) is 38.8. The molecule has 6 heterocycles. The average molecular weight is 1120 g/mol. The molecule has 0 amide bonds. The predicted molar refractivity (Wildman–Crippen MR) is 341 cm³/mol. The van der Waals surface area contributed by atoms with Crippen molar-refractivity contribution < 1.29 is 9.59 Å². The Morgan fingerprint density at radius 2 is 0.671 bits per heavy atom. The molecule has 0 atom stereocenters. The number of aliphatic imine (C=N–C) groups is 2. The van der Waals surface area contributed by atoms with Gasteiger partial charge in [-0.2, -0.15) is 10.2 Å². The van der Waals surface area contributed by atoms with Crippen LogP contribution in [0.1, 0.15) is 154 Å². The van der Waals surface area contributed by atoms with E-state index in [4.69, 9.17) is 0 Å². The van der Waals surface area contributed by atoms with Crippen molar-refractivity contribution in [1.29, 1.82) is 0 Å². The van der Waals surface area contributed by atoms with Gasteiger partial charge in [0.15, 0.2) is 36.6 Å². The van der Waals surface area contributed by atoms with Gasteiger partial charge in [-0.3, -0.25) is 29.2 Å². The monoisotopic (exact) mass is 1120 g/mol. The molecule has 82 heavy (non-hydrogen) atoms. The quantitative estimate of drug-likeness (QED) is 0.147. The molecular weight excluding hydrogens is 1020 g/mol. The van der Waals surface area contributed by atoms with Crippen molar-refractivity contribution in [2.45, 2.75) is 157 Å². The average Bonchev–Trinajstić information content (AvgIpc) is 4.25. The summed E-state index contributed by atoms with van der Waals surface area (Å²) in [5.41, 5.74) is 9.51. The van der Waals surface area contributed by atoms with Crippen molar-refractivity contribution in [3.8, 4) is 0 Å². The van der Waals surface area contributed by atoms with E-state index in [9.17, 15) is 9.59 Å². The number of carbonyl (C=O) groups is 2. The molecule has 0 unspecified atom stereocenters. The molecular formula is C66H98N14O2. The second-order valence-electron chi connectivity index (χ2n) is 26.5. The lowest BCUT2D eigenvalue weighted by molar-refractivity contribution is 0.100. The Morgan fingerprint density at radius 1 is 0.390 bits per heavy atom. The van der Waals surface area contributed by atoms with Crippen molar-refractivity contribution >= 4 is 46.0 Å². The van der Waals surface area contributed by atoms with E-state index in [1.165, 1.54) is 42.7 Å². The van der Waals surface area contributed by atoms with E-state index in [1.54, 1.807) is 13.8 Å². The zero-order valence-electron chi connectivity index (χ0n) is 52.3. The van der Waals surface area contributed by atoms with Gasteiger partial charge in [-0.1, -0.05) is 0 Å². The van der Waals surface area contributed by atoms with Crippen LogP contribution in [0.25, 0.3) is 0 Å². The van der Waals surface area contributed by atoms with Crippen LogP contribution in [-0.4, -0.2) is 169 Å². The van der Waals surface area contributed by atoms with Crippen molar-refractivity contribution in [1.82, 2.24) is 19.6 Å². The number of hydrogen-bond donors (Lipinski definition) is 2. The summed E-state index contributed by atoms with van der Waals surface area (Å²) >= 11 is 0. The number of hydrogen-bond acceptors (Lipinski definition) is 16. The summed E-state index contributed by atoms with van der Waals surface area (Å²) in [5, 5.41) is 23.1. The molecule has 4 fully saturated rings. The van der Waals surface area contributed by atoms with Crippen molar-refractivity contribution in [2.75, 3.05) is 112 Å². The largest absolute Gasteiger partial charge is 0.382 e. The summed E-state index contributed by atoms with van der Waals surface area (Å²) in [4.78, 5) is 46.0. The summed E-state index contributed by atoms with van der Waals surface area (Å²) in [6.45, 7) is 44.8. The maximum absolute atomic E-state index is 11.3. The Labute approximate surface area is 492 Å². The van der Waals surface area contributed by atoms with E-state index in [0.29, 0.717) is 25.4 Å². The first-order valence-electron chi connectivity index (χ1n) is 30.1. The van der Waals surface area contributed by atoms with Gasteiger partial charge in [-0.25, -0.2) is 9.98 Å². The second-order valence-corrected chi connectivity index (χ2v) is 26.5. The lowest BCUT2D eigenvalue weighted by Crippen LogP contribution is -2.53. The van der Waals surface area contributed by atoms with Gasteiger partial charge in [0.25, 0.3) is 0 Å². The Bertz CT molecular complexity index is 2770. The topological polar surface area (TPSA) is 152 Å². The Kier molecular flexibility index (Phi) is 21.9. The molecule has 2 N–H and O–H groups in total. The van der Waals surface area contributed by atoms with Gasteiger partial charge in [-0.15, -0.1) is 10.2 Å². The van der Waals surface area contributed by atoms with Gasteiger partial charge in [0, 0.05) is 158 Å². The second kappa shape index (κ2) is 28.4. The van der Waals surface area contributed by atoms with Crippen LogP contribution in [0.3, 0.4) is 0 Å². The molecule has 0 radical (unpaired) electrons. The molecule has 16 nitrogen and oxygen atoms in total. The zero-order valence-corrected chi connectivity index (χ0v) is 52.3. The molecule has 4 aromatic carbocycles. The number of rotatable bonds is 10. The Morgan fingerprint density at radius 3 is 0.963 bits per heavy atom. The normalized spacial score (nSPS) is 19.0. The highest BCUT2D eigenvalue weighted by Gasteiger charge is 2.30. The molecule has 6 aliphatic heterocycles. The van der Waals surface area contributed by atoms with E-state index in [2.05, 4.69) is 214 Å². The van der Waals surface area contributed by atoms with E-state index in [1.807, 2.05) is 36.4 Å². The smallest absolute Gasteiger partial charge is 0.178 e. The van der Waals surface area contributed by atoms with Crippen molar-refractivity contribution in [3.63, 3.8) is 0 Å². The number of carbonyl (C=O) groups excluding carboxylic acids is 2. The number of nitrogens with one attached hydrogen (secondary N) is 2. The fourth-order valence-corrected chi connectivity index (χ4v) is 11.1. The molecule has 6 aliphatic rings. The number of azo groups is 2. The number of amidine groups is 2. The lowest BCUT2D eigenvalue weighted by atomic mass is 9.98. The zero-order chi connectivity index (χ0) is 59.2. The van der Waals surface area contributed by atoms with Crippen LogP contribution in [0.2, 0.25) is 0 Å². The molecule has 0 saturated carbocycles. The molecule has 10 rings (SSSR count). The van der Waals surface area contributed by atoms with Crippen LogP contribution in [0.5, 0.6) is 0 Å². The predicted octanol–water partition coefficient (Wildman–Crippen LogP) is 12.7. The molecule has 444 valence electrons. The minimum atomic E-state index is 0.120. The molecule has 0 bridgehead atoms. The fourth-order valence-electron chi connectivity index (χ4n) is 11.1. The highest BCUT2D eigenvalue weighted by Crippen LogP contribution is 2.27. The van der Waals surface area contributed by atoms with Gasteiger partial charge < -0.3 is 20.4 Å². The maximum atomic E-state index is 11.3. The highest BCUT2D eigenvalue weighted by molar-refractivity contribution is 6.00. The SMILES string of the molecule is CC(=O)c1ccc(N2CCN(C(C)(C)C)CC2)cc1.CC(=O)c1ccc(NC2CCN(C(C)(C)C)CC2)cc1.CC(C)(C)N1CCC(Nc2ccc(C3=NCN=N3)cc2)CC1.CC(C)(C)N1CCN(c2ccc(C3=NCN=N3)cc2)CC1. The number of anilines is 4. The molecule has 0 aliphatic carbocycles. The number of Topliss-reactive ketones (excluding diaryl/α,β-unsaturated/α-hetero) is 2. The van der Waals surface area contributed by atoms with Crippen molar-refractivity contribution in [2.24, 2.45) is 30.4 Å². The molecule has 0 spiro atoms. The molecule has 4 aromatic rings. The van der Waals surface area contributed by atoms with Crippen LogP contribution in [0.4, 0.5) is 22.7 Å². The van der Waals surface area contributed by atoms with Crippen LogP contribution >= 0.6 is 0 Å². The third-order valence-electron chi connectivity index (χ3n) is 16.5. The number of nitrogens with zero attached hydrogens (tertiary/aromatic N) is 12. The van der Waals surface area contributed by atoms with Gasteiger partial charge in [0.2, 0.25) is 0 Å². The van der Waals surface area contributed by atoms with Crippen LogP contribution < -0.4 is 20.4 Å².